The first-order valence-corrected chi connectivity index (χ1v) is 9.53. The Balaban J connectivity index is 2.04. The molecule has 3 aromatic rings. The monoisotopic (exact) mass is 465 g/mol. The zero-order valence-electron chi connectivity index (χ0n) is 17.7. The minimum atomic E-state index is -5.07. The van der Waals surface area contributed by atoms with Crippen LogP contribution in [-0.2, 0) is 10.9 Å². The van der Waals surface area contributed by atoms with Crippen molar-refractivity contribution in [2.45, 2.75) is 13.1 Å². The minimum absolute atomic E-state index is 0.110. The maximum atomic E-state index is 13.7. The molecule has 33 heavy (non-hydrogen) atoms. The van der Waals surface area contributed by atoms with E-state index in [2.05, 4.69) is 0 Å². The number of alkyl halides is 3. The highest BCUT2D eigenvalue weighted by molar-refractivity contribution is 5.89. The van der Waals surface area contributed by atoms with Gasteiger partial charge in [-0.2, -0.15) is 13.2 Å². The van der Waals surface area contributed by atoms with Crippen LogP contribution < -0.4 is 14.9 Å². The lowest BCUT2D eigenvalue weighted by molar-refractivity contribution is -0.154. The van der Waals surface area contributed by atoms with Crippen LogP contribution in [0.25, 0.3) is 11.0 Å². The molecule has 0 saturated heterocycles. The van der Waals surface area contributed by atoms with Gasteiger partial charge in [-0.25, -0.2) is 9.59 Å². The Bertz CT molecular complexity index is 1250. The van der Waals surface area contributed by atoms with E-state index in [1.165, 1.54) is 44.4 Å². The van der Waals surface area contributed by atoms with Crippen molar-refractivity contribution in [2.75, 3.05) is 20.7 Å². The lowest BCUT2D eigenvalue weighted by Crippen LogP contribution is -2.25. The largest absolute Gasteiger partial charge is 0.462 e. The number of hydrogen-bond donors (Lipinski definition) is 0. The number of halogens is 3. The molecule has 0 N–H and O–H groups in total. The predicted molar refractivity (Wildman–Crippen MR) is 110 cm³/mol. The molecule has 3 rings (SSSR count). The Hall–Kier alpha value is -4.02. The molecule has 0 spiro atoms. The van der Waals surface area contributed by atoms with Crippen LogP contribution in [0.2, 0.25) is 0 Å². The zero-order valence-corrected chi connectivity index (χ0v) is 17.7. The average Bonchev–Trinajstić information content (AvgIpc) is 2.75. The number of benzene rings is 2. The fourth-order valence-electron chi connectivity index (χ4n) is 2.68. The summed E-state index contributed by atoms with van der Waals surface area (Å²) in [5.74, 6) is -3.59. The summed E-state index contributed by atoms with van der Waals surface area (Å²) in [6, 6.07) is 8.43. The van der Waals surface area contributed by atoms with Crippen LogP contribution in [-0.4, -0.2) is 37.7 Å². The van der Waals surface area contributed by atoms with E-state index in [4.69, 9.17) is 18.6 Å². The van der Waals surface area contributed by atoms with Crippen LogP contribution in [0.5, 0.6) is 17.2 Å². The van der Waals surface area contributed by atoms with Crippen LogP contribution in [0.15, 0.2) is 51.7 Å². The number of amides is 1. The van der Waals surface area contributed by atoms with Crippen molar-refractivity contribution < 1.29 is 41.4 Å². The third kappa shape index (κ3) is 5.25. The topological polar surface area (TPSA) is 95.3 Å². The molecule has 2 aromatic carbocycles. The van der Waals surface area contributed by atoms with Crippen LogP contribution in [0.1, 0.15) is 23.0 Å². The maximum Gasteiger partial charge on any atom is 0.453 e. The van der Waals surface area contributed by atoms with E-state index in [1.54, 1.807) is 6.92 Å². The highest BCUT2D eigenvalue weighted by atomic mass is 19.4. The van der Waals surface area contributed by atoms with E-state index in [1.807, 2.05) is 0 Å². The van der Waals surface area contributed by atoms with Crippen LogP contribution in [0, 0.1) is 0 Å². The van der Waals surface area contributed by atoms with Crippen molar-refractivity contribution in [3.05, 3.63) is 64.0 Å². The smallest absolute Gasteiger partial charge is 0.453 e. The van der Waals surface area contributed by atoms with Crippen LogP contribution >= 0.6 is 0 Å². The standard InChI is InChI=1S/C22H18F3NO7/c1-4-30-20(28)12-5-7-13(8-6-12)31-18-17(27)15-10-9-14(32-21(29)26(2)3)11-16(15)33-19(18)22(23,24)25/h5-11H,4H2,1-3H3. The van der Waals surface area contributed by atoms with Crippen molar-refractivity contribution >= 4 is 23.0 Å². The normalized spacial score (nSPS) is 11.2. The first-order chi connectivity index (χ1) is 15.5. The fraction of sp³-hybridized carbons (Fsp3) is 0.227. The molecule has 0 aliphatic carbocycles. The molecule has 0 atom stereocenters. The summed E-state index contributed by atoms with van der Waals surface area (Å²) < 4.78 is 61.0. The van der Waals surface area contributed by atoms with Crippen LogP contribution in [0.3, 0.4) is 0 Å². The Kier molecular flexibility index (Phi) is 6.61. The van der Waals surface area contributed by atoms with Gasteiger partial charge in [0.15, 0.2) is 0 Å². The zero-order chi connectivity index (χ0) is 24.3. The number of esters is 1. The Morgan fingerprint density at radius 3 is 2.24 bits per heavy atom. The SMILES string of the molecule is CCOC(=O)c1ccc(Oc2c(C(F)(F)F)oc3cc(OC(=O)N(C)C)ccc3c2=O)cc1. The van der Waals surface area contributed by atoms with Gasteiger partial charge in [0.25, 0.3) is 5.76 Å². The van der Waals surface area contributed by atoms with Gasteiger partial charge in [-0.3, -0.25) is 4.79 Å². The van der Waals surface area contributed by atoms with Crippen molar-refractivity contribution in [1.29, 1.82) is 0 Å². The first-order valence-electron chi connectivity index (χ1n) is 9.53. The number of carbonyl (C=O) groups is 2. The van der Waals surface area contributed by atoms with Gasteiger partial charge < -0.3 is 23.5 Å². The van der Waals surface area contributed by atoms with E-state index < -0.39 is 40.8 Å². The van der Waals surface area contributed by atoms with Gasteiger partial charge in [0.1, 0.15) is 17.1 Å². The summed E-state index contributed by atoms with van der Waals surface area (Å²) in [4.78, 5) is 37.3. The lowest BCUT2D eigenvalue weighted by Gasteiger charge is -2.14. The van der Waals surface area contributed by atoms with E-state index in [9.17, 15) is 27.6 Å². The van der Waals surface area contributed by atoms with Gasteiger partial charge in [0, 0.05) is 20.2 Å². The number of nitrogens with zero attached hydrogens (tertiary/aromatic N) is 1. The second-order valence-corrected chi connectivity index (χ2v) is 6.85. The molecule has 8 nitrogen and oxygen atoms in total. The summed E-state index contributed by atoms with van der Waals surface area (Å²) in [5, 5.41) is -0.217. The van der Waals surface area contributed by atoms with Gasteiger partial charge in [-0.05, 0) is 43.3 Å². The predicted octanol–water partition coefficient (Wildman–Crippen LogP) is 4.84. The van der Waals surface area contributed by atoms with E-state index in [0.717, 1.165) is 17.0 Å². The van der Waals surface area contributed by atoms with Crippen molar-refractivity contribution in [2.24, 2.45) is 0 Å². The van der Waals surface area contributed by atoms with Gasteiger partial charge >= 0.3 is 18.2 Å². The molecule has 11 heteroatoms. The summed E-state index contributed by atoms with van der Waals surface area (Å²) in [7, 11) is 2.85. The van der Waals surface area contributed by atoms with Gasteiger partial charge in [-0.1, -0.05) is 0 Å². The molecule has 0 aliphatic rings. The summed E-state index contributed by atoms with van der Waals surface area (Å²) in [6.07, 6.45) is -5.83. The van der Waals surface area contributed by atoms with Crippen molar-refractivity contribution in [3.63, 3.8) is 0 Å². The highest BCUT2D eigenvalue weighted by Gasteiger charge is 2.40. The fourth-order valence-corrected chi connectivity index (χ4v) is 2.68. The van der Waals surface area contributed by atoms with E-state index >= 15 is 0 Å². The second-order valence-electron chi connectivity index (χ2n) is 6.85. The first kappa shape index (κ1) is 23.6. The molecule has 0 fully saturated rings. The molecule has 1 amide bonds. The molecular formula is C22H18F3NO7. The molecule has 0 unspecified atom stereocenters. The molecule has 1 aromatic heterocycles. The molecular weight excluding hydrogens is 447 g/mol. The second kappa shape index (κ2) is 9.23. The Morgan fingerprint density at radius 1 is 1.03 bits per heavy atom. The van der Waals surface area contributed by atoms with E-state index in [0.29, 0.717) is 0 Å². The average molecular weight is 465 g/mol. The number of hydrogen-bond acceptors (Lipinski definition) is 7. The molecule has 0 bridgehead atoms. The molecule has 0 radical (unpaired) electrons. The lowest BCUT2D eigenvalue weighted by atomic mass is 10.2. The summed E-state index contributed by atoms with van der Waals surface area (Å²) in [6.45, 7) is 1.78. The third-order valence-electron chi connectivity index (χ3n) is 4.24. The van der Waals surface area contributed by atoms with Crippen LogP contribution in [0.4, 0.5) is 18.0 Å². The van der Waals surface area contributed by atoms with Crippen molar-refractivity contribution in [1.82, 2.24) is 4.90 Å². The quantitative estimate of drug-likeness (QED) is 0.498. The molecule has 0 aliphatic heterocycles. The Morgan fingerprint density at radius 2 is 1.67 bits per heavy atom. The summed E-state index contributed by atoms with van der Waals surface area (Å²) >= 11 is 0. The number of rotatable bonds is 5. The van der Waals surface area contributed by atoms with Gasteiger partial charge in [-0.15, -0.1) is 0 Å². The summed E-state index contributed by atoms with van der Waals surface area (Å²) in [5.41, 5.74) is -1.37. The van der Waals surface area contributed by atoms with Crippen molar-refractivity contribution in [3.8, 4) is 17.2 Å². The van der Waals surface area contributed by atoms with Gasteiger partial charge in [0.05, 0.1) is 17.6 Å². The third-order valence-corrected chi connectivity index (χ3v) is 4.24. The van der Waals surface area contributed by atoms with Gasteiger partial charge in [0.2, 0.25) is 11.2 Å². The number of fused-ring (bicyclic) bond motifs is 1. The molecule has 1 heterocycles. The highest BCUT2D eigenvalue weighted by Crippen LogP contribution is 2.38. The molecule has 0 saturated carbocycles. The minimum Gasteiger partial charge on any atom is -0.462 e. The van der Waals surface area contributed by atoms with E-state index in [-0.39, 0.29) is 29.1 Å². The Labute approximate surface area is 185 Å². The maximum absolute atomic E-state index is 13.7. The number of ether oxygens (including phenoxy) is 3. The molecule has 174 valence electrons. The number of carbonyl (C=O) groups excluding carboxylic acids is 2.